The van der Waals surface area contributed by atoms with Gasteiger partial charge in [0.15, 0.2) is 23.3 Å². The topological polar surface area (TPSA) is 258 Å². The van der Waals surface area contributed by atoms with E-state index in [4.69, 9.17) is 29.4 Å². The van der Waals surface area contributed by atoms with Crippen molar-refractivity contribution in [1.82, 2.24) is 59.1 Å². The Morgan fingerprint density at radius 1 is 0.313 bits per heavy atom. The number of aryl methyl sites for hydroxylation is 9. The van der Waals surface area contributed by atoms with Crippen molar-refractivity contribution in [1.29, 1.82) is 0 Å². The first kappa shape index (κ1) is 77.9. The molecule has 0 aliphatic heterocycles. The summed E-state index contributed by atoms with van der Waals surface area (Å²) in [6.07, 6.45) is 0.126. The third kappa shape index (κ3) is 18.2. The number of pyridine rings is 4. The van der Waals surface area contributed by atoms with E-state index in [1.54, 1.807) is 45.8 Å². The molecule has 10 aromatic heterocycles. The average Bonchev–Trinajstić information content (AvgIpc) is 1.51. The normalized spacial score (nSPS) is 11.1. The minimum absolute atomic E-state index is 0.0402. The number of ether oxygens (including phenoxy) is 2. The van der Waals surface area contributed by atoms with Crippen molar-refractivity contribution in [3.8, 4) is 34.8 Å². The van der Waals surface area contributed by atoms with Gasteiger partial charge in [0.1, 0.15) is 11.5 Å². The standard InChI is InChI=1S/2C24H24N4O2.C23H18N4OS.C20H18N4OS/c1-15(2)30-20-9-5-8-19(14-20)24(29)25-21-10-6-7-18-11-12-22(26-23(18)21)28-17(4)13-16(3)27-28;1-15(2)30-20-11-8-19(9-12-20)24(29)25-21-7-5-6-18-10-13-22(26-23(18)21)28-17(4)14-16(3)27-28;1-14-12-15(2)27(26-14)21-11-10-16-7-5-8-18(22(16)25-21)24-23(28)20-13-17-6-3-4-9-19(17)29-20;1-12-11-13(2)24(23-12)18-10-8-15-5-4-6-16(19(15)22-18)21-20(25)17-9-7-14(3)26-17/h2*5-15H,1-4H3,(H,25,29);3-13H,1-2H3,(H,24,28);4-11H,1-3H3,(H,21,25). The molecule has 17 rings (SSSR count). The maximum absolute atomic E-state index is 12.9. The molecule has 0 spiro atoms. The number of hydrogen-bond acceptors (Lipinski definition) is 16. The average molecular weight is 1560 g/mol. The molecule has 0 saturated heterocycles. The van der Waals surface area contributed by atoms with Crippen molar-refractivity contribution in [2.24, 2.45) is 0 Å². The molecule has 0 saturated carbocycles. The highest BCUT2D eigenvalue weighted by Gasteiger charge is 2.20. The largest absolute Gasteiger partial charge is 0.491 e. The van der Waals surface area contributed by atoms with Gasteiger partial charge in [-0.2, -0.15) is 20.4 Å². The maximum atomic E-state index is 12.9. The zero-order chi connectivity index (χ0) is 80.7. The number of para-hydroxylation sites is 4. The van der Waals surface area contributed by atoms with Crippen LogP contribution in [0.25, 0.3) is 77.0 Å². The van der Waals surface area contributed by atoms with E-state index in [0.717, 1.165) is 116 Å². The Morgan fingerprint density at radius 3 is 1.03 bits per heavy atom. The number of rotatable bonds is 16. The van der Waals surface area contributed by atoms with Crippen LogP contribution in [-0.4, -0.2) is 94.9 Å². The number of benzene rings is 7. The number of thiophene rings is 2. The lowest BCUT2D eigenvalue weighted by Crippen LogP contribution is -2.13. The van der Waals surface area contributed by atoms with E-state index in [9.17, 15) is 19.2 Å². The van der Waals surface area contributed by atoms with E-state index >= 15 is 0 Å². The fraction of sp³-hybridized carbons (Fsp3) is 0.165. The highest BCUT2D eigenvalue weighted by atomic mass is 32.1. The van der Waals surface area contributed by atoms with Gasteiger partial charge in [0.25, 0.3) is 23.6 Å². The molecule has 24 heteroatoms. The monoisotopic (exact) mass is 1560 g/mol. The summed E-state index contributed by atoms with van der Waals surface area (Å²) in [5.41, 5.74) is 14.5. The van der Waals surface area contributed by atoms with E-state index in [1.807, 2.05) is 300 Å². The Kier molecular flexibility index (Phi) is 23.0. The molecule has 0 radical (unpaired) electrons. The molecule has 0 fully saturated rings. The Bertz CT molecular complexity index is 6470. The van der Waals surface area contributed by atoms with Crippen molar-refractivity contribution >= 4 is 123 Å². The summed E-state index contributed by atoms with van der Waals surface area (Å²) < 4.78 is 19.7. The van der Waals surface area contributed by atoms with E-state index in [1.165, 1.54) is 22.7 Å². The number of hydrogen-bond donors (Lipinski definition) is 4. The van der Waals surface area contributed by atoms with Gasteiger partial charge in [-0.25, -0.2) is 38.7 Å². The number of anilines is 4. The van der Waals surface area contributed by atoms with Gasteiger partial charge in [-0.3, -0.25) is 19.2 Å². The Balaban J connectivity index is 0.000000127. The summed E-state index contributed by atoms with van der Waals surface area (Å²) in [7, 11) is 0. The van der Waals surface area contributed by atoms with Crippen molar-refractivity contribution in [3.05, 3.63) is 308 Å². The lowest BCUT2D eigenvalue weighted by molar-refractivity contribution is 0.101. The van der Waals surface area contributed by atoms with Crippen LogP contribution < -0.4 is 30.7 Å². The summed E-state index contributed by atoms with van der Waals surface area (Å²) in [6, 6.07) is 74.8. The minimum atomic E-state index is -0.213. The first-order valence-corrected chi connectivity index (χ1v) is 39.1. The number of amides is 4. The Labute approximate surface area is 672 Å². The van der Waals surface area contributed by atoms with Crippen LogP contribution in [0.5, 0.6) is 11.5 Å². The SMILES string of the molecule is Cc1cc(C)n(-c2ccc3cccc(NC(=O)c4cc5ccccc5s4)c3n2)n1.Cc1cc(C)n(-c2ccc3cccc(NC(=O)c4ccc(C)s4)c3n2)n1.Cc1cc(C)n(-c2ccc3cccc(NC(=O)c4ccc(OC(C)C)cc4)c3n2)n1.Cc1cc(C)n(-c2ccc3cccc(NC(=O)c4cccc(OC(C)C)c4)c3n2)n1. The molecular formula is C91H84N16O6S2. The molecule has 0 aliphatic carbocycles. The summed E-state index contributed by atoms with van der Waals surface area (Å²) in [4.78, 5) is 72.7. The predicted octanol–water partition coefficient (Wildman–Crippen LogP) is 20.3. The molecule has 0 atom stereocenters. The van der Waals surface area contributed by atoms with Crippen molar-refractivity contribution in [2.45, 2.75) is 102 Å². The second-order valence-electron chi connectivity index (χ2n) is 28.3. The molecule has 22 nitrogen and oxygen atoms in total. The molecule has 0 unspecified atom stereocenters. The third-order valence-corrected chi connectivity index (χ3v) is 20.4. The highest BCUT2D eigenvalue weighted by molar-refractivity contribution is 7.21. The lowest BCUT2D eigenvalue weighted by Gasteiger charge is -2.12. The number of carbonyl (C=O) groups is 4. The maximum Gasteiger partial charge on any atom is 0.265 e. The van der Waals surface area contributed by atoms with Crippen LogP contribution in [0.3, 0.4) is 0 Å². The number of nitrogens with one attached hydrogen (secondary N) is 4. The summed E-state index contributed by atoms with van der Waals surface area (Å²) >= 11 is 2.97. The van der Waals surface area contributed by atoms with Crippen LogP contribution in [0.2, 0.25) is 0 Å². The molecule has 7 aromatic carbocycles. The van der Waals surface area contributed by atoms with Crippen molar-refractivity contribution in [2.75, 3.05) is 21.3 Å². The molecule has 10 heterocycles. The van der Waals surface area contributed by atoms with Gasteiger partial charge in [0.2, 0.25) is 0 Å². The van der Waals surface area contributed by atoms with Gasteiger partial charge >= 0.3 is 0 Å². The molecule has 4 amide bonds. The van der Waals surface area contributed by atoms with Gasteiger partial charge in [0, 0.05) is 65.0 Å². The molecule has 115 heavy (non-hydrogen) atoms. The Morgan fingerprint density at radius 2 is 0.670 bits per heavy atom. The van der Waals surface area contributed by atoms with Crippen LogP contribution in [0, 0.1) is 62.3 Å². The van der Waals surface area contributed by atoms with E-state index in [0.29, 0.717) is 66.5 Å². The number of fused-ring (bicyclic) bond motifs is 5. The minimum Gasteiger partial charge on any atom is -0.491 e. The van der Waals surface area contributed by atoms with Gasteiger partial charge < -0.3 is 30.7 Å². The first-order valence-electron chi connectivity index (χ1n) is 37.5. The number of aromatic nitrogens is 12. The second kappa shape index (κ2) is 34.0. The smallest absolute Gasteiger partial charge is 0.265 e. The lowest BCUT2D eigenvalue weighted by atomic mass is 10.1. The summed E-state index contributed by atoms with van der Waals surface area (Å²) in [5.74, 6) is 3.64. The zero-order valence-electron chi connectivity index (χ0n) is 65.8. The summed E-state index contributed by atoms with van der Waals surface area (Å²) in [6.45, 7) is 25.6. The molecular weight excluding hydrogens is 1480 g/mol. The number of nitrogens with zero attached hydrogens (tertiary/aromatic N) is 12. The van der Waals surface area contributed by atoms with Crippen molar-refractivity contribution in [3.63, 3.8) is 0 Å². The third-order valence-electron chi connectivity index (χ3n) is 18.3. The van der Waals surface area contributed by atoms with Crippen LogP contribution >= 0.6 is 22.7 Å². The van der Waals surface area contributed by atoms with E-state index in [-0.39, 0.29) is 35.8 Å². The molecule has 576 valence electrons. The van der Waals surface area contributed by atoms with Gasteiger partial charge in [-0.15, -0.1) is 22.7 Å². The quantitative estimate of drug-likeness (QED) is 0.0702. The molecule has 4 N–H and O–H groups in total. The van der Waals surface area contributed by atoms with Crippen LogP contribution in [0.15, 0.2) is 237 Å². The van der Waals surface area contributed by atoms with Crippen molar-refractivity contribution < 1.29 is 28.7 Å². The Hall–Kier alpha value is -13.8. The van der Waals surface area contributed by atoms with E-state index in [2.05, 4.69) is 41.7 Å². The fourth-order valence-electron chi connectivity index (χ4n) is 13.2. The molecule has 0 aliphatic rings. The predicted molar refractivity (Wildman–Crippen MR) is 460 cm³/mol. The molecule has 17 aromatic rings. The second-order valence-corrected chi connectivity index (χ2v) is 30.7. The fourth-order valence-corrected chi connectivity index (χ4v) is 14.9. The van der Waals surface area contributed by atoms with Gasteiger partial charge in [-0.05, 0) is 259 Å². The van der Waals surface area contributed by atoms with Crippen LogP contribution in [0.4, 0.5) is 22.7 Å². The summed E-state index contributed by atoms with van der Waals surface area (Å²) in [5, 5.41) is 34.9. The highest BCUT2D eigenvalue weighted by Crippen LogP contribution is 2.32. The van der Waals surface area contributed by atoms with Crippen LogP contribution in [-0.2, 0) is 0 Å². The zero-order valence-corrected chi connectivity index (χ0v) is 67.4. The van der Waals surface area contributed by atoms with Gasteiger partial charge in [0.05, 0.1) is 89.6 Å². The molecule has 0 bridgehead atoms. The van der Waals surface area contributed by atoms with Crippen LogP contribution in [0.1, 0.15) is 118 Å². The first-order chi connectivity index (χ1) is 55.4. The van der Waals surface area contributed by atoms with Gasteiger partial charge in [-0.1, -0.05) is 72.8 Å². The number of carbonyl (C=O) groups excluding carboxylic acids is 4. The van der Waals surface area contributed by atoms with E-state index < -0.39 is 0 Å².